The quantitative estimate of drug-likeness (QED) is 0.652. The largest absolute Gasteiger partial charge is 0.466 e. The first kappa shape index (κ1) is 21.7. The highest BCUT2D eigenvalue weighted by molar-refractivity contribution is 5.94. The average molecular weight is 408 g/mol. The van der Waals surface area contributed by atoms with E-state index in [0.717, 1.165) is 31.6 Å². The Morgan fingerprint density at radius 1 is 1.28 bits per heavy atom. The van der Waals surface area contributed by atoms with Gasteiger partial charge in [0, 0.05) is 38.2 Å². The van der Waals surface area contributed by atoms with Gasteiger partial charge in [-0.2, -0.15) is 5.10 Å². The lowest BCUT2D eigenvalue weighted by Crippen LogP contribution is -2.49. The van der Waals surface area contributed by atoms with Gasteiger partial charge in [-0.15, -0.1) is 0 Å². The number of likely N-dealkylation sites (tertiary alicyclic amines) is 1. The number of hydrogen-bond acceptors (Lipinski definition) is 6. The number of hydrogen-bond donors (Lipinski definition) is 1. The molecule has 0 aromatic carbocycles. The summed E-state index contributed by atoms with van der Waals surface area (Å²) in [6.45, 7) is 4.09. The highest BCUT2D eigenvalue weighted by atomic mass is 16.5. The van der Waals surface area contributed by atoms with Crippen molar-refractivity contribution in [2.24, 2.45) is 10.5 Å². The summed E-state index contributed by atoms with van der Waals surface area (Å²) >= 11 is 0. The highest BCUT2D eigenvalue weighted by Crippen LogP contribution is 2.40. The minimum atomic E-state index is -0.549. The van der Waals surface area contributed by atoms with Crippen LogP contribution in [0.1, 0.15) is 71.1 Å². The van der Waals surface area contributed by atoms with Crippen molar-refractivity contribution in [2.75, 3.05) is 26.3 Å². The zero-order valence-electron chi connectivity index (χ0n) is 17.4. The van der Waals surface area contributed by atoms with Crippen LogP contribution in [-0.4, -0.2) is 60.8 Å². The molecule has 2 fully saturated rings. The molecule has 1 N–H and O–H groups in total. The Labute approximate surface area is 172 Å². The van der Waals surface area contributed by atoms with Crippen LogP contribution in [-0.2, 0) is 23.9 Å². The molecule has 0 saturated carbocycles. The molecular weight excluding hydrogens is 374 g/mol. The number of hydrazone groups is 1. The number of amides is 2. The van der Waals surface area contributed by atoms with Crippen LogP contribution >= 0.6 is 0 Å². The van der Waals surface area contributed by atoms with E-state index in [1.165, 1.54) is 0 Å². The Morgan fingerprint density at radius 2 is 2.07 bits per heavy atom. The van der Waals surface area contributed by atoms with Crippen LogP contribution in [0.4, 0.5) is 0 Å². The van der Waals surface area contributed by atoms with Crippen LogP contribution in [0.3, 0.4) is 0 Å². The van der Waals surface area contributed by atoms with Crippen molar-refractivity contribution in [3.05, 3.63) is 0 Å². The number of carbonyl (C=O) groups excluding carboxylic acids is 3. The summed E-state index contributed by atoms with van der Waals surface area (Å²) < 4.78 is 11.3. The van der Waals surface area contributed by atoms with E-state index in [-0.39, 0.29) is 23.9 Å². The van der Waals surface area contributed by atoms with Gasteiger partial charge in [-0.1, -0.05) is 0 Å². The fraction of sp³-hybridized carbons (Fsp3) is 0.810. The highest BCUT2D eigenvalue weighted by Gasteiger charge is 2.45. The van der Waals surface area contributed by atoms with Gasteiger partial charge in [-0.25, -0.2) is 5.43 Å². The van der Waals surface area contributed by atoms with Crippen LogP contribution in [0, 0.1) is 5.41 Å². The van der Waals surface area contributed by atoms with Crippen molar-refractivity contribution in [3.8, 4) is 0 Å². The number of nitrogens with one attached hydrogen (secondary N) is 1. The SMILES string of the molecule is CCOC(=O)C1(CC2CCCCO2)CCN(C(=O)CCC2=NNC(=O)CC2)CC1. The van der Waals surface area contributed by atoms with Gasteiger partial charge in [0.1, 0.15) is 0 Å². The molecule has 0 aromatic heterocycles. The maximum atomic E-state index is 12.8. The minimum absolute atomic E-state index is 0.0756. The standard InChI is InChI=1S/C21H33N3O5/c1-2-28-20(27)21(15-17-5-3-4-14-29-17)10-12-24(13-11-21)19(26)9-7-16-6-8-18(25)23-22-16/h17H,2-15H2,1H3,(H,23,25). The van der Waals surface area contributed by atoms with Gasteiger partial charge in [-0.3, -0.25) is 14.4 Å². The van der Waals surface area contributed by atoms with Crippen LogP contribution in [0.25, 0.3) is 0 Å². The maximum absolute atomic E-state index is 12.8. The maximum Gasteiger partial charge on any atom is 0.312 e. The first-order valence-corrected chi connectivity index (χ1v) is 10.9. The van der Waals surface area contributed by atoms with Gasteiger partial charge in [0.2, 0.25) is 11.8 Å². The Hall–Kier alpha value is -1.96. The Kier molecular flexibility index (Phi) is 7.64. The molecule has 0 spiro atoms. The third-order valence-electron chi connectivity index (χ3n) is 6.28. The number of ether oxygens (including phenoxy) is 2. The van der Waals surface area contributed by atoms with Crippen LogP contribution in [0.2, 0.25) is 0 Å². The van der Waals surface area contributed by atoms with Crippen LogP contribution < -0.4 is 5.43 Å². The molecule has 3 aliphatic heterocycles. The van der Waals surface area contributed by atoms with Gasteiger partial charge >= 0.3 is 5.97 Å². The molecule has 3 aliphatic rings. The fourth-order valence-electron chi connectivity index (χ4n) is 4.47. The zero-order chi connectivity index (χ0) is 20.7. The molecule has 0 aliphatic carbocycles. The van der Waals surface area contributed by atoms with Gasteiger partial charge in [0.15, 0.2) is 0 Å². The van der Waals surface area contributed by atoms with Gasteiger partial charge in [-0.05, 0) is 58.3 Å². The second-order valence-electron chi connectivity index (χ2n) is 8.29. The molecule has 8 heteroatoms. The van der Waals surface area contributed by atoms with Crippen LogP contribution in [0.5, 0.6) is 0 Å². The second kappa shape index (κ2) is 10.2. The Balaban J connectivity index is 1.53. The van der Waals surface area contributed by atoms with Gasteiger partial charge < -0.3 is 14.4 Å². The molecular formula is C21H33N3O5. The monoisotopic (exact) mass is 407 g/mol. The van der Waals surface area contributed by atoms with E-state index in [0.29, 0.717) is 64.6 Å². The van der Waals surface area contributed by atoms with E-state index in [2.05, 4.69) is 10.5 Å². The third-order valence-corrected chi connectivity index (χ3v) is 6.28. The number of esters is 1. The normalized spacial score (nSPS) is 24.4. The van der Waals surface area contributed by atoms with Gasteiger partial charge in [0.25, 0.3) is 0 Å². The average Bonchev–Trinajstić information content (AvgIpc) is 2.74. The number of piperidine rings is 1. The van der Waals surface area contributed by atoms with E-state index in [1.807, 2.05) is 11.8 Å². The number of nitrogens with zero attached hydrogens (tertiary/aromatic N) is 2. The van der Waals surface area contributed by atoms with Crippen molar-refractivity contribution in [2.45, 2.75) is 77.2 Å². The lowest BCUT2D eigenvalue weighted by atomic mass is 9.73. The number of carbonyl (C=O) groups is 3. The predicted molar refractivity (Wildman–Crippen MR) is 107 cm³/mol. The summed E-state index contributed by atoms with van der Waals surface area (Å²) in [7, 11) is 0. The van der Waals surface area contributed by atoms with E-state index >= 15 is 0 Å². The molecule has 1 atom stereocenters. The second-order valence-corrected chi connectivity index (χ2v) is 8.29. The third kappa shape index (κ3) is 5.78. The molecule has 8 nitrogen and oxygen atoms in total. The van der Waals surface area contributed by atoms with E-state index in [1.54, 1.807) is 0 Å². The van der Waals surface area contributed by atoms with E-state index in [9.17, 15) is 14.4 Å². The smallest absolute Gasteiger partial charge is 0.312 e. The molecule has 2 saturated heterocycles. The molecule has 162 valence electrons. The summed E-state index contributed by atoms with van der Waals surface area (Å²) in [6, 6.07) is 0. The molecule has 3 rings (SSSR count). The van der Waals surface area contributed by atoms with Gasteiger partial charge in [0.05, 0.1) is 18.1 Å². The summed E-state index contributed by atoms with van der Waals surface area (Å²) in [4.78, 5) is 38.4. The predicted octanol–water partition coefficient (Wildman–Crippen LogP) is 2.16. The van der Waals surface area contributed by atoms with Crippen molar-refractivity contribution in [1.29, 1.82) is 0 Å². The molecule has 0 aromatic rings. The van der Waals surface area contributed by atoms with Crippen LogP contribution in [0.15, 0.2) is 5.10 Å². The molecule has 0 radical (unpaired) electrons. The summed E-state index contributed by atoms with van der Waals surface area (Å²) in [5.41, 5.74) is 2.79. The topological polar surface area (TPSA) is 97.3 Å². The first-order valence-electron chi connectivity index (χ1n) is 10.9. The summed E-state index contributed by atoms with van der Waals surface area (Å²) in [5.74, 6) is -0.141. The summed E-state index contributed by atoms with van der Waals surface area (Å²) in [6.07, 6.45) is 7.24. The lowest BCUT2D eigenvalue weighted by Gasteiger charge is -2.42. The molecule has 1 unspecified atom stereocenters. The first-order chi connectivity index (χ1) is 14.0. The molecule has 2 amide bonds. The minimum Gasteiger partial charge on any atom is -0.466 e. The van der Waals surface area contributed by atoms with E-state index < -0.39 is 5.41 Å². The van der Waals surface area contributed by atoms with Crippen molar-refractivity contribution in [1.82, 2.24) is 10.3 Å². The van der Waals surface area contributed by atoms with E-state index in [4.69, 9.17) is 9.47 Å². The fourth-order valence-corrected chi connectivity index (χ4v) is 4.47. The molecule has 0 bridgehead atoms. The molecule has 29 heavy (non-hydrogen) atoms. The van der Waals surface area contributed by atoms with Crippen molar-refractivity contribution < 1.29 is 23.9 Å². The van der Waals surface area contributed by atoms with Crippen molar-refractivity contribution in [3.63, 3.8) is 0 Å². The lowest BCUT2D eigenvalue weighted by molar-refractivity contribution is -0.164. The summed E-state index contributed by atoms with van der Waals surface area (Å²) in [5, 5.41) is 4.03. The van der Waals surface area contributed by atoms with Crippen molar-refractivity contribution >= 4 is 23.5 Å². The Morgan fingerprint density at radius 3 is 2.69 bits per heavy atom. The molecule has 3 heterocycles. The zero-order valence-corrected chi connectivity index (χ0v) is 17.4. The number of rotatable bonds is 7. The Bertz CT molecular complexity index is 634.